The fraction of sp³-hybridized carbons (Fsp3) is 0.375. The van der Waals surface area contributed by atoms with Crippen molar-refractivity contribution in [3.63, 3.8) is 0 Å². The first-order chi connectivity index (χ1) is 11.8. The van der Waals surface area contributed by atoms with Crippen molar-refractivity contribution in [1.29, 1.82) is 0 Å². The largest absolute Gasteiger partial charge is 0.478 e. The Labute approximate surface area is 145 Å². The van der Waals surface area contributed by atoms with E-state index in [1.165, 1.54) is 29.0 Å². The highest BCUT2D eigenvalue weighted by Gasteiger charge is 2.33. The van der Waals surface area contributed by atoms with Crippen LogP contribution in [0, 0.1) is 6.92 Å². The van der Waals surface area contributed by atoms with Crippen LogP contribution in [0.3, 0.4) is 0 Å². The van der Waals surface area contributed by atoms with Crippen molar-refractivity contribution in [3.05, 3.63) is 41.6 Å². The van der Waals surface area contributed by atoms with Crippen LogP contribution in [0.4, 0.5) is 0 Å². The van der Waals surface area contributed by atoms with Crippen LogP contribution in [-0.4, -0.2) is 51.6 Å². The smallest absolute Gasteiger partial charge is 0.337 e. The molecule has 0 aliphatic carbocycles. The molecule has 25 heavy (non-hydrogen) atoms. The topological polar surface area (TPSA) is 113 Å². The van der Waals surface area contributed by atoms with E-state index in [2.05, 4.69) is 15.0 Å². The number of aromatic carboxylic acids is 1. The molecule has 1 saturated heterocycles. The van der Waals surface area contributed by atoms with Gasteiger partial charge in [0, 0.05) is 24.5 Å². The van der Waals surface area contributed by atoms with Gasteiger partial charge in [0.2, 0.25) is 10.0 Å². The molecule has 1 N–H and O–H groups in total. The highest BCUT2D eigenvalue weighted by Crippen LogP contribution is 2.34. The number of carboxylic acids is 1. The SMILES string of the molecule is Cc1nc(-c2cncc(C(=O)O)c2)cc(C2CCCN2S(C)(=O)=O)n1. The van der Waals surface area contributed by atoms with E-state index in [-0.39, 0.29) is 11.6 Å². The van der Waals surface area contributed by atoms with Crippen LogP contribution < -0.4 is 0 Å². The van der Waals surface area contributed by atoms with Gasteiger partial charge in [-0.15, -0.1) is 0 Å². The number of hydrogen-bond acceptors (Lipinski definition) is 6. The Hall–Kier alpha value is -2.39. The summed E-state index contributed by atoms with van der Waals surface area (Å²) in [6.07, 6.45) is 5.45. The van der Waals surface area contributed by atoms with Crippen molar-refractivity contribution < 1.29 is 18.3 Å². The number of hydrogen-bond donors (Lipinski definition) is 1. The average molecular weight is 362 g/mol. The second kappa shape index (κ2) is 6.49. The van der Waals surface area contributed by atoms with E-state index in [9.17, 15) is 13.2 Å². The maximum Gasteiger partial charge on any atom is 0.337 e. The highest BCUT2D eigenvalue weighted by molar-refractivity contribution is 7.88. The van der Waals surface area contributed by atoms with Gasteiger partial charge in [-0.3, -0.25) is 4.98 Å². The van der Waals surface area contributed by atoms with Gasteiger partial charge in [-0.25, -0.2) is 23.2 Å². The second-order valence-corrected chi connectivity index (χ2v) is 7.96. The molecule has 0 saturated carbocycles. The van der Waals surface area contributed by atoms with Crippen LogP contribution in [0.25, 0.3) is 11.3 Å². The maximum absolute atomic E-state index is 12.0. The first-order valence-corrected chi connectivity index (χ1v) is 9.61. The molecule has 0 spiro atoms. The van der Waals surface area contributed by atoms with E-state index in [0.29, 0.717) is 35.7 Å². The molecule has 0 bridgehead atoms. The molecule has 3 rings (SSSR count). The van der Waals surface area contributed by atoms with Gasteiger partial charge in [-0.2, -0.15) is 4.31 Å². The normalized spacial score (nSPS) is 18.4. The zero-order valence-corrected chi connectivity index (χ0v) is 14.7. The predicted molar refractivity (Wildman–Crippen MR) is 90.5 cm³/mol. The summed E-state index contributed by atoms with van der Waals surface area (Å²) < 4.78 is 25.4. The van der Waals surface area contributed by atoms with Gasteiger partial charge in [0.1, 0.15) is 5.82 Å². The lowest BCUT2D eigenvalue weighted by Crippen LogP contribution is -2.30. The summed E-state index contributed by atoms with van der Waals surface area (Å²) in [6.45, 7) is 2.19. The molecule has 9 heteroatoms. The van der Waals surface area contributed by atoms with Crippen molar-refractivity contribution in [2.24, 2.45) is 0 Å². The van der Waals surface area contributed by atoms with Crippen molar-refractivity contribution in [1.82, 2.24) is 19.3 Å². The van der Waals surface area contributed by atoms with Gasteiger partial charge >= 0.3 is 5.97 Å². The van der Waals surface area contributed by atoms with E-state index < -0.39 is 16.0 Å². The maximum atomic E-state index is 12.0. The molecule has 0 radical (unpaired) electrons. The van der Waals surface area contributed by atoms with E-state index in [0.717, 1.165) is 6.42 Å². The summed E-state index contributed by atoms with van der Waals surface area (Å²) in [5.41, 5.74) is 1.76. The van der Waals surface area contributed by atoms with Crippen LogP contribution in [-0.2, 0) is 10.0 Å². The Kier molecular flexibility index (Phi) is 4.53. The zero-order chi connectivity index (χ0) is 18.2. The molecule has 1 aliphatic rings. The quantitative estimate of drug-likeness (QED) is 0.879. The Morgan fingerprint density at radius 2 is 2.04 bits per heavy atom. The minimum absolute atomic E-state index is 0.0638. The number of carbonyl (C=O) groups is 1. The molecule has 0 aromatic carbocycles. The van der Waals surface area contributed by atoms with Crippen LogP contribution in [0.15, 0.2) is 24.5 Å². The van der Waals surface area contributed by atoms with Gasteiger partial charge in [0.15, 0.2) is 0 Å². The molecule has 2 aromatic heterocycles. The minimum Gasteiger partial charge on any atom is -0.478 e. The molecular formula is C16H18N4O4S. The summed E-state index contributed by atoms with van der Waals surface area (Å²) in [5, 5.41) is 9.12. The fourth-order valence-electron chi connectivity index (χ4n) is 3.04. The number of pyridine rings is 1. The zero-order valence-electron chi connectivity index (χ0n) is 13.9. The Bertz CT molecular complexity index is 929. The molecule has 8 nitrogen and oxygen atoms in total. The lowest BCUT2D eigenvalue weighted by atomic mass is 10.1. The van der Waals surface area contributed by atoms with Gasteiger partial charge in [-0.05, 0) is 31.9 Å². The summed E-state index contributed by atoms with van der Waals surface area (Å²) in [5.74, 6) is -0.576. The first kappa shape index (κ1) is 17.4. The molecule has 3 heterocycles. The molecule has 132 valence electrons. The van der Waals surface area contributed by atoms with Crippen molar-refractivity contribution >= 4 is 16.0 Å². The predicted octanol–water partition coefficient (Wildman–Crippen LogP) is 1.64. The molecule has 1 fully saturated rings. The molecular weight excluding hydrogens is 344 g/mol. The van der Waals surface area contributed by atoms with Crippen LogP contribution >= 0.6 is 0 Å². The number of rotatable bonds is 4. The van der Waals surface area contributed by atoms with E-state index in [4.69, 9.17) is 5.11 Å². The van der Waals surface area contributed by atoms with Gasteiger partial charge in [0.05, 0.1) is 29.2 Å². The number of aromatic nitrogens is 3. The third kappa shape index (κ3) is 3.67. The van der Waals surface area contributed by atoms with Crippen molar-refractivity contribution in [2.45, 2.75) is 25.8 Å². The van der Waals surface area contributed by atoms with E-state index in [1.807, 2.05) is 0 Å². The molecule has 2 aromatic rings. The monoisotopic (exact) mass is 362 g/mol. The third-order valence-corrected chi connectivity index (χ3v) is 5.40. The van der Waals surface area contributed by atoms with E-state index >= 15 is 0 Å². The third-order valence-electron chi connectivity index (χ3n) is 4.11. The molecule has 0 amide bonds. The van der Waals surface area contributed by atoms with Crippen molar-refractivity contribution in [3.8, 4) is 11.3 Å². The Balaban J connectivity index is 2.04. The van der Waals surface area contributed by atoms with Crippen molar-refractivity contribution in [2.75, 3.05) is 12.8 Å². The van der Waals surface area contributed by atoms with Crippen LogP contribution in [0.2, 0.25) is 0 Å². The van der Waals surface area contributed by atoms with Gasteiger partial charge in [-0.1, -0.05) is 0 Å². The van der Waals surface area contributed by atoms with E-state index in [1.54, 1.807) is 13.0 Å². The highest BCUT2D eigenvalue weighted by atomic mass is 32.2. The number of sulfonamides is 1. The lowest BCUT2D eigenvalue weighted by Gasteiger charge is -2.22. The first-order valence-electron chi connectivity index (χ1n) is 7.77. The minimum atomic E-state index is -3.33. The van der Waals surface area contributed by atoms with Gasteiger partial charge < -0.3 is 5.11 Å². The molecule has 1 unspecified atom stereocenters. The summed E-state index contributed by atoms with van der Waals surface area (Å²) in [7, 11) is -3.33. The fourth-order valence-corrected chi connectivity index (χ4v) is 4.18. The van der Waals surface area contributed by atoms with Crippen LogP contribution in [0.5, 0.6) is 0 Å². The number of aryl methyl sites for hydroxylation is 1. The summed E-state index contributed by atoms with van der Waals surface area (Å²) in [6, 6.07) is 2.87. The lowest BCUT2D eigenvalue weighted by molar-refractivity contribution is 0.0696. The average Bonchev–Trinajstić information content (AvgIpc) is 3.04. The summed E-state index contributed by atoms with van der Waals surface area (Å²) in [4.78, 5) is 23.8. The van der Waals surface area contributed by atoms with Crippen LogP contribution in [0.1, 0.15) is 40.8 Å². The Morgan fingerprint density at radius 1 is 1.28 bits per heavy atom. The number of nitrogens with zero attached hydrogens (tertiary/aromatic N) is 4. The Morgan fingerprint density at radius 3 is 2.72 bits per heavy atom. The number of carboxylic acid groups (broad SMARTS) is 1. The van der Waals surface area contributed by atoms with Gasteiger partial charge in [0.25, 0.3) is 0 Å². The molecule has 1 aliphatic heterocycles. The summed E-state index contributed by atoms with van der Waals surface area (Å²) >= 11 is 0. The standard InChI is InChI=1S/C16H18N4O4S/c1-10-18-13(11-6-12(16(21)22)9-17-8-11)7-14(19-10)15-4-3-5-20(15)25(2,23)24/h6-9,15H,3-5H2,1-2H3,(H,21,22). The molecule has 1 atom stereocenters. The second-order valence-electron chi connectivity index (χ2n) is 6.02.